The van der Waals surface area contributed by atoms with Crippen molar-refractivity contribution in [3.05, 3.63) is 93.4 Å². The van der Waals surface area contributed by atoms with Gasteiger partial charge in [-0.25, -0.2) is 18.6 Å². The molecular formula is C53H59F2N7O6S. The smallest absolute Gasteiger partial charge is 0.407 e. The lowest BCUT2D eigenvalue weighted by atomic mass is 9.96. The molecular weight excluding hydrogens is 901 g/mol. The van der Waals surface area contributed by atoms with Crippen LogP contribution in [0.3, 0.4) is 0 Å². The molecule has 8 heterocycles. The van der Waals surface area contributed by atoms with Gasteiger partial charge in [-0.05, 0) is 138 Å². The molecule has 4 unspecified atom stereocenters. The first-order valence-electron chi connectivity index (χ1n) is 24.6. The quantitative estimate of drug-likeness (QED) is 0.111. The van der Waals surface area contributed by atoms with Gasteiger partial charge < -0.3 is 39.3 Å². The van der Waals surface area contributed by atoms with E-state index >= 15 is 8.78 Å². The number of benzene rings is 2. The van der Waals surface area contributed by atoms with Crippen LogP contribution >= 0.6 is 11.3 Å². The number of aromatic amines is 2. The second-order valence-electron chi connectivity index (χ2n) is 20.0. The SMILES string of the molecule is CCc1cc(-c2cc(F)c3c(c2)OC(c2ccc(C4CC4)s2)n2c-3cc3cc(-c4cnc(C5CCCN5C(=O)CC5CCOCC5)[nH]4)ccc32)[nH]c1C1CCCN1C(=O)C(NC(=O)OC)C(C)(C)F. The number of hydrogen-bond donors (Lipinski definition) is 3. The summed E-state index contributed by atoms with van der Waals surface area (Å²) in [5.41, 5.74) is 4.73. The van der Waals surface area contributed by atoms with E-state index in [0.717, 1.165) is 89.6 Å². The number of aryl methyl sites for hydroxylation is 1. The van der Waals surface area contributed by atoms with Crippen LogP contribution in [0.25, 0.3) is 44.7 Å². The first kappa shape index (κ1) is 45.4. The number of halogens is 2. The molecule has 3 saturated heterocycles. The molecule has 1 saturated carbocycles. The fourth-order valence-corrected chi connectivity index (χ4v) is 12.4. The molecule has 11 rings (SSSR count). The van der Waals surface area contributed by atoms with Crippen molar-refractivity contribution >= 4 is 40.1 Å². The van der Waals surface area contributed by atoms with Crippen LogP contribution in [0, 0.1) is 11.7 Å². The summed E-state index contributed by atoms with van der Waals surface area (Å²) >= 11 is 1.75. The number of ether oxygens (including phenoxy) is 3. The standard InChI is InChI=1S/C53H59F2N7O6S/c1-5-30-25-36(57-47(30)39-8-6-19-61(39)50(64)48(53(2,3)55)59-52(65)66-4)33-24-35(54)46-41-26-34-23-32(12-13-38(34)62(41)51(68-42(46)27-33)44-15-14-43(69-44)31-10-11-31)37-28-56-49(58-37)40-9-7-18-60(40)45(63)22-29-16-20-67-21-17-29/h12-15,23-29,31,39-40,48,51,57H,5-11,16-22H2,1-4H3,(H,56,58)(H,59,65). The number of methoxy groups -OCH3 is 1. The molecule has 0 spiro atoms. The number of imidazole rings is 1. The van der Waals surface area contributed by atoms with E-state index in [2.05, 4.69) is 50.2 Å². The molecule has 4 aromatic heterocycles. The first-order chi connectivity index (χ1) is 33.4. The molecule has 0 radical (unpaired) electrons. The Kier molecular flexibility index (Phi) is 11.9. The minimum absolute atomic E-state index is 0.0948. The van der Waals surface area contributed by atoms with Gasteiger partial charge in [-0.1, -0.05) is 13.0 Å². The average Bonchev–Trinajstić information content (AvgIpc) is 4.05. The zero-order valence-electron chi connectivity index (χ0n) is 39.5. The Labute approximate surface area is 403 Å². The lowest BCUT2D eigenvalue weighted by Crippen LogP contribution is -2.56. The van der Waals surface area contributed by atoms with Gasteiger partial charge in [0, 0.05) is 65.5 Å². The Bertz CT molecular complexity index is 2940. The molecule has 69 heavy (non-hydrogen) atoms. The lowest BCUT2D eigenvalue weighted by molar-refractivity contribution is -0.138. The molecule has 4 atom stereocenters. The van der Waals surface area contributed by atoms with E-state index in [1.807, 2.05) is 36.2 Å². The second-order valence-corrected chi connectivity index (χ2v) is 21.1. The number of nitrogens with zero attached hydrogens (tertiary/aromatic N) is 4. The summed E-state index contributed by atoms with van der Waals surface area (Å²) in [5.74, 6) is 1.36. The summed E-state index contributed by atoms with van der Waals surface area (Å²) in [7, 11) is 1.18. The number of fused-ring (bicyclic) bond motifs is 5. The van der Waals surface area contributed by atoms with Crippen molar-refractivity contribution in [2.24, 2.45) is 5.92 Å². The van der Waals surface area contributed by atoms with Gasteiger partial charge in [0.2, 0.25) is 18.0 Å². The fraction of sp³-hybridized carbons (Fsp3) is 0.472. The molecule has 4 fully saturated rings. The Hall–Kier alpha value is -6.00. The Morgan fingerprint density at radius 1 is 0.913 bits per heavy atom. The van der Waals surface area contributed by atoms with E-state index in [0.29, 0.717) is 72.3 Å². The summed E-state index contributed by atoms with van der Waals surface area (Å²) in [4.78, 5) is 57.7. The summed E-state index contributed by atoms with van der Waals surface area (Å²) < 4.78 is 51.9. The number of alkyl halides is 1. The Morgan fingerprint density at radius 3 is 2.43 bits per heavy atom. The molecule has 3 amide bonds. The van der Waals surface area contributed by atoms with Gasteiger partial charge in [-0.2, -0.15) is 0 Å². The number of alkyl carbamates (subject to hydrolysis) is 1. The minimum atomic E-state index is -2.06. The van der Waals surface area contributed by atoms with Crippen LogP contribution in [0.1, 0.15) is 130 Å². The zero-order chi connectivity index (χ0) is 47.7. The number of carbonyl (C=O) groups excluding carboxylic acids is 3. The number of nitrogens with one attached hydrogen (secondary N) is 3. The first-order valence-corrected chi connectivity index (χ1v) is 25.4. The van der Waals surface area contributed by atoms with Crippen LogP contribution in [-0.2, 0) is 25.5 Å². The number of thiophene rings is 1. The topological polar surface area (TPSA) is 147 Å². The maximum atomic E-state index is 17.1. The molecule has 6 aromatic rings. The summed E-state index contributed by atoms with van der Waals surface area (Å²) in [6.45, 7) is 7.11. The third-order valence-electron chi connectivity index (χ3n) is 15.0. The van der Waals surface area contributed by atoms with Crippen LogP contribution in [0.5, 0.6) is 5.75 Å². The Morgan fingerprint density at radius 2 is 1.68 bits per heavy atom. The molecule has 1 aliphatic carbocycles. The van der Waals surface area contributed by atoms with Crippen molar-refractivity contribution in [3.63, 3.8) is 0 Å². The third kappa shape index (κ3) is 8.50. The molecule has 2 aromatic carbocycles. The zero-order valence-corrected chi connectivity index (χ0v) is 40.4. The van der Waals surface area contributed by atoms with Crippen molar-refractivity contribution in [2.75, 3.05) is 33.4 Å². The number of aromatic nitrogens is 4. The van der Waals surface area contributed by atoms with Gasteiger partial charge >= 0.3 is 6.09 Å². The minimum Gasteiger partial charge on any atom is -0.464 e. The van der Waals surface area contributed by atoms with Crippen molar-refractivity contribution in [1.29, 1.82) is 0 Å². The fourth-order valence-electron chi connectivity index (χ4n) is 11.1. The highest BCUT2D eigenvalue weighted by molar-refractivity contribution is 7.12. The van der Waals surface area contributed by atoms with Crippen LogP contribution in [0.15, 0.2) is 60.8 Å². The predicted octanol–water partition coefficient (Wildman–Crippen LogP) is 10.9. The van der Waals surface area contributed by atoms with E-state index < -0.39 is 41.8 Å². The average molecular weight is 960 g/mol. The van der Waals surface area contributed by atoms with Gasteiger partial charge in [0.1, 0.15) is 29.1 Å². The van der Waals surface area contributed by atoms with E-state index in [9.17, 15) is 14.4 Å². The number of carbonyl (C=O) groups is 3. The van der Waals surface area contributed by atoms with E-state index in [1.165, 1.54) is 44.7 Å². The lowest BCUT2D eigenvalue weighted by Gasteiger charge is -2.33. The third-order valence-corrected chi connectivity index (χ3v) is 16.2. The number of likely N-dealkylation sites (tertiary alicyclic amines) is 2. The van der Waals surface area contributed by atoms with E-state index in [1.54, 1.807) is 16.2 Å². The van der Waals surface area contributed by atoms with Crippen molar-refractivity contribution in [1.82, 2.24) is 34.6 Å². The van der Waals surface area contributed by atoms with Gasteiger partial charge in [0.15, 0.2) is 0 Å². The number of hydrogen-bond acceptors (Lipinski definition) is 8. The van der Waals surface area contributed by atoms with Crippen molar-refractivity contribution in [2.45, 2.75) is 121 Å². The summed E-state index contributed by atoms with van der Waals surface area (Å²) in [6, 6.07) is 16.1. The van der Waals surface area contributed by atoms with Gasteiger partial charge in [-0.15, -0.1) is 11.3 Å². The maximum absolute atomic E-state index is 17.1. The number of amides is 3. The van der Waals surface area contributed by atoms with Crippen molar-refractivity contribution < 1.29 is 37.4 Å². The summed E-state index contributed by atoms with van der Waals surface area (Å²) in [6.07, 6.45) is 8.91. The largest absolute Gasteiger partial charge is 0.464 e. The highest BCUT2D eigenvalue weighted by Crippen LogP contribution is 2.51. The van der Waals surface area contributed by atoms with Crippen molar-refractivity contribution in [3.8, 4) is 39.5 Å². The molecule has 4 aliphatic heterocycles. The van der Waals surface area contributed by atoms with E-state index in [-0.39, 0.29) is 11.9 Å². The molecule has 16 heteroatoms. The highest BCUT2D eigenvalue weighted by Gasteiger charge is 2.44. The van der Waals surface area contributed by atoms with Crippen LogP contribution in [0.2, 0.25) is 0 Å². The maximum Gasteiger partial charge on any atom is 0.407 e. The van der Waals surface area contributed by atoms with Gasteiger partial charge in [0.05, 0.1) is 52.7 Å². The van der Waals surface area contributed by atoms with E-state index in [4.69, 9.17) is 19.2 Å². The molecule has 5 aliphatic rings. The van der Waals surface area contributed by atoms with Gasteiger partial charge in [-0.3, -0.25) is 14.2 Å². The molecule has 13 nitrogen and oxygen atoms in total. The Balaban J connectivity index is 0.919. The van der Waals surface area contributed by atoms with Crippen LogP contribution in [0.4, 0.5) is 13.6 Å². The molecule has 0 bridgehead atoms. The molecule has 3 N–H and O–H groups in total. The van der Waals surface area contributed by atoms with Crippen LogP contribution in [-0.4, -0.2) is 92.4 Å². The second kappa shape index (κ2) is 18.1. The number of rotatable bonds is 12. The predicted molar refractivity (Wildman–Crippen MR) is 259 cm³/mol. The summed E-state index contributed by atoms with van der Waals surface area (Å²) in [5, 5.41) is 3.34. The van der Waals surface area contributed by atoms with Crippen LogP contribution < -0.4 is 10.1 Å². The monoisotopic (exact) mass is 959 g/mol. The highest BCUT2D eigenvalue weighted by atomic mass is 32.1. The normalized spacial score (nSPS) is 21.0. The van der Waals surface area contributed by atoms with Gasteiger partial charge in [0.25, 0.3) is 0 Å². The number of H-pyrrole nitrogens is 2. The molecule has 362 valence electrons.